The Balaban J connectivity index is 0.00000385. The third-order valence-corrected chi connectivity index (χ3v) is 4.49. The van der Waals surface area contributed by atoms with E-state index in [1.54, 1.807) is 12.6 Å². The average Bonchev–Trinajstić information content (AvgIpc) is 3.46. The fourth-order valence-corrected chi connectivity index (χ4v) is 2.93. The second kappa shape index (κ2) is 14.5. The third-order valence-electron chi connectivity index (χ3n) is 4.49. The smallest absolute Gasteiger partial charge is 0.196 e. The fourth-order valence-electron chi connectivity index (χ4n) is 2.93. The van der Waals surface area contributed by atoms with Crippen molar-refractivity contribution < 1.29 is 13.9 Å². The van der Waals surface area contributed by atoms with E-state index in [1.807, 2.05) is 54.8 Å². The highest BCUT2D eigenvalue weighted by molar-refractivity contribution is 14.0. The van der Waals surface area contributed by atoms with Crippen LogP contribution in [0.15, 0.2) is 58.4 Å². The van der Waals surface area contributed by atoms with Gasteiger partial charge in [0.2, 0.25) is 0 Å². The number of anilines is 1. The highest BCUT2D eigenvalue weighted by Crippen LogP contribution is 2.17. The van der Waals surface area contributed by atoms with Gasteiger partial charge in [0.1, 0.15) is 31.0 Å². The van der Waals surface area contributed by atoms with Gasteiger partial charge < -0.3 is 29.1 Å². The molecular formula is C23H33IN6O3. The molecule has 0 aliphatic carbocycles. The molecule has 0 saturated heterocycles. The van der Waals surface area contributed by atoms with E-state index in [0.29, 0.717) is 32.3 Å². The lowest BCUT2D eigenvalue weighted by atomic mass is 10.3. The third kappa shape index (κ3) is 9.42. The molecule has 0 spiro atoms. The molecule has 0 atom stereocenters. The van der Waals surface area contributed by atoms with Crippen LogP contribution in [-0.2, 0) is 24.4 Å². The van der Waals surface area contributed by atoms with Gasteiger partial charge in [0, 0.05) is 25.4 Å². The Kier molecular flexibility index (Phi) is 11.7. The number of hydrogen-bond acceptors (Lipinski definition) is 6. The van der Waals surface area contributed by atoms with Crippen molar-refractivity contribution >= 4 is 35.6 Å². The predicted molar refractivity (Wildman–Crippen MR) is 139 cm³/mol. The van der Waals surface area contributed by atoms with Crippen molar-refractivity contribution in [2.24, 2.45) is 4.99 Å². The summed E-state index contributed by atoms with van der Waals surface area (Å²) in [5, 5.41) is 14.8. The normalized spacial score (nSPS) is 11.3. The molecule has 33 heavy (non-hydrogen) atoms. The number of aryl methyl sites for hydroxylation is 1. The van der Waals surface area contributed by atoms with Crippen molar-refractivity contribution in [3.63, 3.8) is 0 Å². The first-order chi connectivity index (χ1) is 15.6. The van der Waals surface area contributed by atoms with Crippen LogP contribution in [0.4, 0.5) is 5.69 Å². The van der Waals surface area contributed by atoms with Crippen LogP contribution in [0, 0.1) is 0 Å². The summed E-state index contributed by atoms with van der Waals surface area (Å²) in [6, 6.07) is 11.6. The van der Waals surface area contributed by atoms with Gasteiger partial charge in [0.25, 0.3) is 0 Å². The topological polar surface area (TPSA) is 98.7 Å². The lowest BCUT2D eigenvalue weighted by molar-refractivity contribution is 0.105. The summed E-state index contributed by atoms with van der Waals surface area (Å²) in [6.45, 7) is 9.10. The zero-order valence-electron chi connectivity index (χ0n) is 19.4. The molecule has 0 aliphatic rings. The highest BCUT2D eigenvalue weighted by atomic mass is 127. The first-order valence-corrected chi connectivity index (χ1v) is 10.9. The Hall–Kier alpha value is -2.60. The van der Waals surface area contributed by atoms with E-state index in [2.05, 4.69) is 32.7 Å². The molecule has 3 aromatic rings. The van der Waals surface area contributed by atoms with Crippen LogP contribution >= 0.6 is 24.0 Å². The Morgan fingerprint density at radius 1 is 1.21 bits per heavy atom. The molecule has 180 valence electrons. The van der Waals surface area contributed by atoms with Crippen LogP contribution in [0.2, 0.25) is 0 Å². The van der Waals surface area contributed by atoms with Gasteiger partial charge in [-0.25, -0.2) is 4.99 Å². The fraction of sp³-hybridized carbons (Fsp3) is 0.435. The summed E-state index contributed by atoms with van der Waals surface area (Å²) in [7, 11) is 0. The van der Waals surface area contributed by atoms with Crippen molar-refractivity contribution in [3.8, 4) is 5.75 Å². The number of nitrogens with one attached hydrogen (secondary N) is 2. The van der Waals surface area contributed by atoms with Crippen molar-refractivity contribution in [1.29, 1.82) is 0 Å². The van der Waals surface area contributed by atoms with Crippen molar-refractivity contribution in [3.05, 3.63) is 60.6 Å². The van der Waals surface area contributed by atoms with E-state index >= 15 is 0 Å². The number of aromatic nitrogens is 3. The van der Waals surface area contributed by atoms with E-state index < -0.39 is 0 Å². The molecule has 0 fully saturated rings. The van der Waals surface area contributed by atoms with Gasteiger partial charge in [0.05, 0.1) is 12.4 Å². The maximum absolute atomic E-state index is 5.71. The van der Waals surface area contributed by atoms with Crippen LogP contribution in [0.25, 0.3) is 0 Å². The van der Waals surface area contributed by atoms with Crippen LogP contribution in [0.1, 0.15) is 38.8 Å². The molecule has 2 heterocycles. The summed E-state index contributed by atoms with van der Waals surface area (Å²) in [5.74, 6) is 3.14. The maximum Gasteiger partial charge on any atom is 0.196 e. The van der Waals surface area contributed by atoms with Gasteiger partial charge in [0.15, 0.2) is 11.8 Å². The van der Waals surface area contributed by atoms with Crippen LogP contribution < -0.4 is 15.4 Å². The number of ether oxygens (including phenoxy) is 2. The van der Waals surface area contributed by atoms with Gasteiger partial charge in [-0.3, -0.25) is 0 Å². The summed E-state index contributed by atoms with van der Waals surface area (Å²) < 4.78 is 18.6. The molecule has 10 heteroatoms. The summed E-state index contributed by atoms with van der Waals surface area (Å²) in [4.78, 5) is 4.68. The van der Waals surface area contributed by atoms with Crippen LogP contribution in [-0.4, -0.2) is 40.0 Å². The number of aliphatic imine (C=N–C) groups is 1. The zero-order valence-corrected chi connectivity index (χ0v) is 21.7. The zero-order chi connectivity index (χ0) is 22.6. The van der Waals surface area contributed by atoms with Gasteiger partial charge in [-0.1, -0.05) is 0 Å². The molecule has 0 saturated carbocycles. The average molecular weight is 568 g/mol. The summed E-state index contributed by atoms with van der Waals surface area (Å²) in [6.07, 6.45) is 4.33. The van der Waals surface area contributed by atoms with Gasteiger partial charge in [-0.15, -0.1) is 34.2 Å². The van der Waals surface area contributed by atoms with E-state index in [4.69, 9.17) is 13.9 Å². The molecule has 0 aliphatic heterocycles. The first-order valence-electron chi connectivity index (χ1n) is 10.9. The monoisotopic (exact) mass is 568 g/mol. The SMILES string of the molecule is CCn1cnnc1CN=C(NCCCOCc1ccco1)Nc1ccc(OC(C)C)cc1.I. The van der Waals surface area contributed by atoms with Crippen LogP contribution in [0.5, 0.6) is 5.75 Å². The van der Waals surface area contributed by atoms with Gasteiger partial charge in [-0.2, -0.15) is 0 Å². The summed E-state index contributed by atoms with van der Waals surface area (Å²) >= 11 is 0. The molecule has 3 rings (SSSR count). The number of benzene rings is 1. The van der Waals surface area contributed by atoms with E-state index in [-0.39, 0.29) is 30.1 Å². The molecule has 0 radical (unpaired) electrons. The molecule has 0 unspecified atom stereocenters. The van der Waals surface area contributed by atoms with E-state index in [9.17, 15) is 0 Å². The second-order valence-electron chi connectivity index (χ2n) is 7.43. The minimum absolute atomic E-state index is 0. The minimum Gasteiger partial charge on any atom is -0.491 e. The number of furan rings is 1. The maximum atomic E-state index is 5.71. The molecule has 0 amide bonds. The number of rotatable bonds is 12. The molecule has 9 nitrogen and oxygen atoms in total. The minimum atomic E-state index is 0. The Morgan fingerprint density at radius 2 is 2.03 bits per heavy atom. The standard InChI is InChI=1S/C23H32N6O3.HI/c1-4-29-17-26-28-22(29)15-25-23(24-12-6-13-30-16-21-7-5-14-31-21)27-19-8-10-20(11-9-19)32-18(2)3;/h5,7-11,14,17-18H,4,6,12-13,15-16H2,1-3H3,(H2,24,25,27);1H. The van der Waals surface area contributed by atoms with E-state index in [1.165, 1.54) is 0 Å². The predicted octanol–water partition coefficient (Wildman–Crippen LogP) is 4.46. The first kappa shape index (κ1) is 26.7. The number of halogens is 1. The Labute approximate surface area is 212 Å². The van der Waals surface area contributed by atoms with Gasteiger partial charge in [-0.05, 0) is 63.6 Å². The highest BCUT2D eigenvalue weighted by Gasteiger charge is 2.05. The van der Waals surface area contributed by atoms with Crippen LogP contribution in [0.3, 0.4) is 0 Å². The van der Waals surface area contributed by atoms with Crippen molar-refractivity contribution in [1.82, 2.24) is 20.1 Å². The number of nitrogens with zero attached hydrogens (tertiary/aromatic N) is 4. The largest absolute Gasteiger partial charge is 0.491 e. The Morgan fingerprint density at radius 3 is 2.73 bits per heavy atom. The van der Waals surface area contributed by atoms with Gasteiger partial charge >= 0.3 is 0 Å². The summed E-state index contributed by atoms with van der Waals surface area (Å²) in [5.41, 5.74) is 0.915. The van der Waals surface area contributed by atoms with E-state index in [0.717, 1.165) is 36.0 Å². The molecule has 2 N–H and O–H groups in total. The lowest BCUT2D eigenvalue weighted by Gasteiger charge is -2.14. The number of hydrogen-bond donors (Lipinski definition) is 2. The number of guanidine groups is 1. The second-order valence-corrected chi connectivity index (χ2v) is 7.43. The molecule has 1 aromatic carbocycles. The molecular weight excluding hydrogens is 535 g/mol. The van der Waals surface area contributed by atoms with Crippen molar-refractivity contribution in [2.45, 2.75) is 53.0 Å². The van der Waals surface area contributed by atoms with Crippen molar-refractivity contribution in [2.75, 3.05) is 18.5 Å². The molecule has 2 aromatic heterocycles. The quantitative estimate of drug-likeness (QED) is 0.144. The molecule has 0 bridgehead atoms. The lowest BCUT2D eigenvalue weighted by Crippen LogP contribution is -2.32. The Bertz CT molecular complexity index is 942.